The smallest absolute Gasteiger partial charge is 0.197 e. The number of nitrogens with zero attached hydrogens (tertiary/aromatic N) is 1. The molecule has 0 aromatic heterocycles. The first kappa shape index (κ1) is 9.42. The fourth-order valence-corrected chi connectivity index (χ4v) is 1.50. The highest BCUT2D eigenvalue weighted by atomic mass is 19.1. The van der Waals surface area contributed by atoms with E-state index in [9.17, 15) is 4.39 Å². The van der Waals surface area contributed by atoms with Gasteiger partial charge in [-0.3, -0.25) is 0 Å². The Morgan fingerprint density at radius 2 is 1.67 bits per heavy atom. The van der Waals surface area contributed by atoms with E-state index < -0.39 is 0 Å². The second kappa shape index (κ2) is 3.93. The van der Waals surface area contributed by atoms with Crippen LogP contribution in [0.2, 0.25) is 0 Å². The molecule has 15 heavy (non-hydrogen) atoms. The molecule has 0 bridgehead atoms. The van der Waals surface area contributed by atoms with Crippen LogP contribution in [0, 0.1) is 12.4 Å². The summed E-state index contributed by atoms with van der Waals surface area (Å²) in [6.45, 7) is 6.99. The minimum Gasteiger partial charge on any atom is -0.237 e. The van der Waals surface area contributed by atoms with Crippen molar-refractivity contribution < 1.29 is 4.39 Å². The molecule has 0 radical (unpaired) electrons. The van der Waals surface area contributed by atoms with Crippen LogP contribution < -0.4 is 0 Å². The zero-order valence-electron chi connectivity index (χ0n) is 7.94. The molecule has 0 aliphatic rings. The van der Waals surface area contributed by atoms with Gasteiger partial charge in [-0.05, 0) is 11.6 Å². The second-order valence-electron chi connectivity index (χ2n) is 3.11. The van der Waals surface area contributed by atoms with Crippen LogP contribution in [0.3, 0.4) is 0 Å². The summed E-state index contributed by atoms with van der Waals surface area (Å²) in [5.74, 6) is -0.352. The van der Waals surface area contributed by atoms with Crippen molar-refractivity contribution in [3.8, 4) is 11.1 Å². The van der Waals surface area contributed by atoms with E-state index in [1.54, 1.807) is 24.3 Å². The van der Waals surface area contributed by atoms with Crippen molar-refractivity contribution >= 4 is 5.69 Å². The summed E-state index contributed by atoms with van der Waals surface area (Å²) in [5, 5.41) is 0. The first-order chi connectivity index (χ1) is 7.33. The van der Waals surface area contributed by atoms with E-state index in [4.69, 9.17) is 6.57 Å². The molecule has 2 heteroatoms. The van der Waals surface area contributed by atoms with Crippen LogP contribution in [0.4, 0.5) is 10.1 Å². The van der Waals surface area contributed by atoms with E-state index in [2.05, 4.69) is 4.85 Å². The Hall–Kier alpha value is -2.14. The lowest BCUT2D eigenvalue weighted by Gasteiger charge is -2.05. The van der Waals surface area contributed by atoms with Gasteiger partial charge in [0.15, 0.2) is 5.69 Å². The van der Waals surface area contributed by atoms with Gasteiger partial charge in [0.25, 0.3) is 0 Å². The Balaban J connectivity index is 2.68. The molecule has 0 aliphatic heterocycles. The third kappa shape index (κ3) is 1.72. The maximum absolute atomic E-state index is 13.6. The minimum atomic E-state index is -0.352. The highest BCUT2D eigenvalue weighted by Gasteiger charge is 2.09. The molecule has 0 unspecified atom stereocenters. The molecule has 0 aliphatic carbocycles. The van der Waals surface area contributed by atoms with Crippen molar-refractivity contribution in [3.63, 3.8) is 0 Å². The molecule has 0 saturated carbocycles. The summed E-state index contributed by atoms with van der Waals surface area (Å²) in [6.07, 6.45) is 0. The van der Waals surface area contributed by atoms with Crippen molar-refractivity contribution in [2.45, 2.75) is 0 Å². The van der Waals surface area contributed by atoms with Crippen LogP contribution in [0.15, 0.2) is 48.5 Å². The van der Waals surface area contributed by atoms with Gasteiger partial charge in [-0.25, -0.2) is 9.24 Å². The fourth-order valence-electron chi connectivity index (χ4n) is 1.50. The SMILES string of the molecule is [C-]#[N+]c1cccc(F)c1-c1ccccc1. The molecule has 0 spiro atoms. The van der Waals surface area contributed by atoms with Crippen molar-refractivity contribution in [2.75, 3.05) is 0 Å². The van der Waals surface area contributed by atoms with E-state index >= 15 is 0 Å². The maximum atomic E-state index is 13.6. The Kier molecular flexibility index (Phi) is 2.47. The Morgan fingerprint density at radius 3 is 2.33 bits per heavy atom. The average Bonchev–Trinajstić information content (AvgIpc) is 2.29. The lowest BCUT2D eigenvalue weighted by atomic mass is 10.0. The molecular weight excluding hydrogens is 189 g/mol. The van der Waals surface area contributed by atoms with E-state index in [0.717, 1.165) is 5.56 Å². The predicted molar refractivity (Wildman–Crippen MR) is 58.1 cm³/mol. The van der Waals surface area contributed by atoms with Gasteiger partial charge < -0.3 is 0 Å². The summed E-state index contributed by atoms with van der Waals surface area (Å²) < 4.78 is 13.6. The second-order valence-corrected chi connectivity index (χ2v) is 3.11. The van der Waals surface area contributed by atoms with Crippen molar-refractivity contribution in [3.05, 3.63) is 65.8 Å². The van der Waals surface area contributed by atoms with E-state index in [1.807, 2.05) is 18.2 Å². The summed E-state index contributed by atoms with van der Waals surface area (Å²) in [4.78, 5) is 3.32. The summed E-state index contributed by atoms with van der Waals surface area (Å²) in [5.41, 5.74) is 1.47. The summed E-state index contributed by atoms with van der Waals surface area (Å²) >= 11 is 0. The van der Waals surface area contributed by atoms with Crippen LogP contribution >= 0.6 is 0 Å². The Labute approximate surface area is 87.6 Å². The van der Waals surface area contributed by atoms with Gasteiger partial charge in [0.1, 0.15) is 5.82 Å². The van der Waals surface area contributed by atoms with Crippen LogP contribution in [0.1, 0.15) is 0 Å². The molecule has 0 atom stereocenters. The van der Waals surface area contributed by atoms with Gasteiger partial charge in [0, 0.05) is 5.56 Å². The van der Waals surface area contributed by atoms with Crippen molar-refractivity contribution in [2.24, 2.45) is 0 Å². The largest absolute Gasteiger partial charge is 0.237 e. The zero-order chi connectivity index (χ0) is 10.7. The third-order valence-electron chi connectivity index (χ3n) is 2.17. The highest BCUT2D eigenvalue weighted by Crippen LogP contribution is 2.32. The minimum absolute atomic E-state index is 0.348. The molecule has 0 heterocycles. The molecule has 0 fully saturated rings. The molecule has 2 rings (SSSR count). The fraction of sp³-hybridized carbons (Fsp3) is 0. The molecule has 1 nitrogen and oxygen atoms in total. The van der Waals surface area contributed by atoms with Gasteiger partial charge >= 0.3 is 0 Å². The number of halogens is 1. The lowest BCUT2D eigenvalue weighted by Crippen LogP contribution is -1.83. The predicted octanol–water partition coefficient (Wildman–Crippen LogP) is 4.04. The standard InChI is InChI=1S/C13H8FN/c1-15-12-9-5-8-11(14)13(12)10-6-3-2-4-7-10/h2-9H. The molecule has 0 amide bonds. The first-order valence-electron chi connectivity index (χ1n) is 4.54. The molecular formula is C13H8FN. The van der Waals surface area contributed by atoms with Gasteiger partial charge in [0.05, 0.1) is 6.57 Å². The lowest BCUT2D eigenvalue weighted by molar-refractivity contribution is 0.632. The average molecular weight is 197 g/mol. The normalized spacial score (nSPS) is 9.60. The number of benzene rings is 2. The van der Waals surface area contributed by atoms with Crippen LogP contribution in [0.25, 0.3) is 16.0 Å². The van der Waals surface area contributed by atoms with E-state index in [-0.39, 0.29) is 5.82 Å². The Morgan fingerprint density at radius 1 is 0.933 bits per heavy atom. The topological polar surface area (TPSA) is 4.36 Å². The Bertz CT molecular complexity index is 512. The molecule has 0 saturated heterocycles. The van der Waals surface area contributed by atoms with Crippen LogP contribution in [0.5, 0.6) is 0 Å². The van der Waals surface area contributed by atoms with Gasteiger partial charge in [-0.15, -0.1) is 0 Å². The quantitative estimate of drug-likeness (QED) is 0.607. The number of hydrogen-bond donors (Lipinski definition) is 0. The van der Waals surface area contributed by atoms with Crippen LogP contribution in [-0.2, 0) is 0 Å². The first-order valence-corrected chi connectivity index (χ1v) is 4.54. The zero-order valence-corrected chi connectivity index (χ0v) is 7.94. The van der Waals surface area contributed by atoms with Gasteiger partial charge in [0.2, 0.25) is 0 Å². The number of hydrogen-bond acceptors (Lipinski definition) is 0. The summed E-state index contributed by atoms with van der Waals surface area (Å²) in [6, 6.07) is 13.7. The molecule has 2 aromatic carbocycles. The molecule has 0 N–H and O–H groups in total. The summed E-state index contributed by atoms with van der Waals surface area (Å²) in [7, 11) is 0. The van der Waals surface area contributed by atoms with Crippen molar-refractivity contribution in [1.82, 2.24) is 0 Å². The van der Waals surface area contributed by atoms with Gasteiger partial charge in [-0.1, -0.05) is 42.5 Å². The maximum Gasteiger partial charge on any atom is 0.197 e. The molecule has 2 aromatic rings. The highest BCUT2D eigenvalue weighted by molar-refractivity contribution is 5.78. The third-order valence-corrected chi connectivity index (χ3v) is 2.17. The van der Waals surface area contributed by atoms with E-state index in [1.165, 1.54) is 6.07 Å². The van der Waals surface area contributed by atoms with Crippen LogP contribution in [-0.4, -0.2) is 0 Å². The van der Waals surface area contributed by atoms with E-state index in [0.29, 0.717) is 11.3 Å². The monoisotopic (exact) mass is 197 g/mol. The van der Waals surface area contributed by atoms with Gasteiger partial charge in [-0.2, -0.15) is 0 Å². The van der Waals surface area contributed by atoms with Crippen molar-refractivity contribution in [1.29, 1.82) is 0 Å². The molecule has 72 valence electrons. The number of rotatable bonds is 1.